The molecule has 0 fully saturated rings. The Morgan fingerprint density at radius 3 is 1.25 bits per heavy atom. The minimum absolute atomic E-state index is 0.273. The molecule has 0 saturated heterocycles. The van der Waals surface area contributed by atoms with Crippen LogP contribution in [0.3, 0.4) is 0 Å². The second-order valence-corrected chi connectivity index (χ2v) is 10.0. The third kappa shape index (κ3) is 4.40. The first-order valence-electron chi connectivity index (χ1n) is 14.2. The van der Waals surface area contributed by atoms with E-state index >= 15 is 0 Å². The number of fused-ring (bicyclic) bond motifs is 5. The lowest BCUT2D eigenvalue weighted by atomic mass is 9.67. The molecule has 2 heteroatoms. The molecule has 1 aliphatic carbocycles. The molecule has 1 aliphatic rings. The van der Waals surface area contributed by atoms with Gasteiger partial charge in [0.1, 0.15) is 11.5 Å². The molecule has 0 aliphatic heterocycles. The molecule has 2 N–H and O–H groups in total. The zero-order valence-electron chi connectivity index (χ0n) is 23.6. The molecule has 0 heterocycles. The maximum Gasteiger partial charge on any atom is 0.116 e. The Labute approximate surface area is 237 Å². The summed E-state index contributed by atoms with van der Waals surface area (Å²) in [5.41, 5.74) is 6.90. The van der Waals surface area contributed by atoms with Gasteiger partial charge in [-0.2, -0.15) is 0 Å². The summed E-state index contributed by atoms with van der Waals surface area (Å²) >= 11 is 0. The SMILES string of the molecule is CC.CCC.Oc1ccc2cc(C3(c4ccc5cc(O)ccc5c4)c4ccccc4-c4ccccc43)ccc2c1. The number of aromatic hydroxyl groups is 2. The molecule has 0 radical (unpaired) electrons. The molecular weight excluding hydrogens is 488 g/mol. The van der Waals surface area contributed by atoms with E-state index in [4.69, 9.17) is 0 Å². The molecule has 6 aromatic carbocycles. The predicted molar refractivity (Wildman–Crippen MR) is 169 cm³/mol. The van der Waals surface area contributed by atoms with E-state index in [1.807, 2.05) is 38.1 Å². The van der Waals surface area contributed by atoms with Gasteiger partial charge in [-0.3, -0.25) is 0 Å². The standard InChI is InChI=1S/C33H22O2.C3H8.C2H6/c34-27-15-11-21-17-25(13-9-23(21)19-27)33(26-14-10-24-20-28(35)16-12-22(24)18-26)31-7-3-1-5-29(31)30-6-2-4-8-32(30)33;1-3-2;1-2/h1-20,34-35H;3H2,1-2H3;1-2H3. The van der Waals surface area contributed by atoms with Crippen molar-refractivity contribution in [1.82, 2.24) is 0 Å². The van der Waals surface area contributed by atoms with Crippen LogP contribution in [0, 0.1) is 0 Å². The van der Waals surface area contributed by atoms with Crippen LogP contribution in [-0.2, 0) is 5.41 Å². The van der Waals surface area contributed by atoms with E-state index < -0.39 is 5.41 Å². The van der Waals surface area contributed by atoms with Gasteiger partial charge in [0.2, 0.25) is 0 Å². The van der Waals surface area contributed by atoms with Gasteiger partial charge in [-0.1, -0.05) is 119 Å². The molecule has 0 atom stereocenters. The van der Waals surface area contributed by atoms with Crippen LogP contribution in [-0.4, -0.2) is 10.2 Å². The molecule has 0 bridgehead atoms. The number of phenols is 2. The van der Waals surface area contributed by atoms with Crippen molar-refractivity contribution in [1.29, 1.82) is 0 Å². The zero-order valence-corrected chi connectivity index (χ0v) is 23.6. The van der Waals surface area contributed by atoms with Gasteiger partial charge in [0.05, 0.1) is 5.41 Å². The molecule has 0 saturated carbocycles. The van der Waals surface area contributed by atoms with Crippen molar-refractivity contribution in [3.8, 4) is 22.6 Å². The zero-order chi connectivity index (χ0) is 28.3. The van der Waals surface area contributed by atoms with Gasteiger partial charge in [-0.15, -0.1) is 0 Å². The Kier molecular flexibility index (Phi) is 7.62. The van der Waals surface area contributed by atoms with E-state index in [-0.39, 0.29) is 11.5 Å². The van der Waals surface area contributed by atoms with Crippen molar-refractivity contribution in [3.05, 3.63) is 144 Å². The summed E-state index contributed by atoms with van der Waals surface area (Å²) in [6.45, 7) is 8.25. The van der Waals surface area contributed by atoms with Crippen LogP contribution >= 0.6 is 0 Å². The number of rotatable bonds is 2. The summed E-state index contributed by atoms with van der Waals surface area (Å²) in [6.07, 6.45) is 1.25. The van der Waals surface area contributed by atoms with E-state index in [0.29, 0.717) is 0 Å². The van der Waals surface area contributed by atoms with Crippen LogP contribution in [0.1, 0.15) is 56.4 Å². The van der Waals surface area contributed by atoms with Gasteiger partial charge in [0.15, 0.2) is 0 Å². The molecule has 200 valence electrons. The van der Waals surface area contributed by atoms with Gasteiger partial charge < -0.3 is 10.2 Å². The summed E-state index contributed by atoms with van der Waals surface area (Å²) in [5, 5.41) is 24.2. The minimum atomic E-state index is -0.495. The third-order valence-electron chi connectivity index (χ3n) is 7.47. The first-order valence-corrected chi connectivity index (χ1v) is 14.2. The van der Waals surface area contributed by atoms with E-state index in [9.17, 15) is 10.2 Å². The fourth-order valence-electron chi connectivity index (χ4n) is 5.96. The Morgan fingerprint density at radius 2 is 0.825 bits per heavy atom. The molecule has 0 amide bonds. The van der Waals surface area contributed by atoms with Crippen molar-refractivity contribution in [2.75, 3.05) is 0 Å². The predicted octanol–water partition coefficient (Wildman–Crippen LogP) is 10.2. The number of phenolic OH excluding ortho intramolecular Hbond substituents is 2. The smallest absolute Gasteiger partial charge is 0.116 e. The Morgan fingerprint density at radius 1 is 0.475 bits per heavy atom. The molecule has 0 unspecified atom stereocenters. The maximum absolute atomic E-state index is 10.0. The van der Waals surface area contributed by atoms with Crippen molar-refractivity contribution in [2.45, 2.75) is 39.5 Å². The Bertz CT molecular complexity index is 1660. The van der Waals surface area contributed by atoms with Crippen molar-refractivity contribution in [2.24, 2.45) is 0 Å². The van der Waals surface area contributed by atoms with Gasteiger partial charge in [-0.25, -0.2) is 0 Å². The fraction of sp³-hybridized carbons (Fsp3) is 0.158. The molecule has 0 aromatic heterocycles. The van der Waals surface area contributed by atoms with Crippen LogP contribution in [0.2, 0.25) is 0 Å². The van der Waals surface area contributed by atoms with E-state index in [2.05, 4.69) is 98.8 Å². The third-order valence-corrected chi connectivity index (χ3v) is 7.47. The first-order chi connectivity index (χ1) is 19.6. The lowest BCUT2D eigenvalue weighted by molar-refractivity contribution is 0.475. The molecule has 2 nitrogen and oxygen atoms in total. The summed E-state index contributed by atoms with van der Waals surface area (Å²) in [6, 6.07) is 41.6. The summed E-state index contributed by atoms with van der Waals surface area (Å²) < 4.78 is 0. The second kappa shape index (κ2) is 11.3. The average Bonchev–Trinajstić information content (AvgIpc) is 3.29. The Balaban J connectivity index is 0.000000607. The van der Waals surface area contributed by atoms with Crippen molar-refractivity contribution in [3.63, 3.8) is 0 Å². The van der Waals surface area contributed by atoms with Crippen LogP contribution in [0.15, 0.2) is 121 Å². The Hall–Kier alpha value is -4.56. The van der Waals surface area contributed by atoms with Crippen LogP contribution in [0.5, 0.6) is 11.5 Å². The highest BCUT2D eigenvalue weighted by molar-refractivity contribution is 5.92. The first kappa shape index (κ1) is 27.0. The van der Waals surface area contributed by atoms with Crippen LogP contribution in [0.25, 0.3) is 32.7 Å². The molecular formula is C38H36O2. The monoisotopic (exact) mass is 524 g/mol. The molecule has 6 aromatic rings. The number of hydrogen-bond donors (Lipinski definition) is 2. The highest BCUT2D eigenvalue weighted by atomic mass is 16.3. The quantitative estimate of drug-likeness (QED) is 0.236. The summed E-state index contributed by atoms with van der Waals surface area (Å²) in [7, 11) is 0. The largest absolute Gasteiger partial charge is 0.508 e. The molecule has 40 heavy (non-hydrogen) atoms. The molecule has 7 rings (SSSR count). The summed E-state index contributed by atoms with van der Waals surface area (Å²) in [4.78, 5) is 0. The lowest BCUT2D eigenvalue weighted by Crippen LogP contribution is -2.28. The number of hydrogen-bond acceptors (Lipinski definition) is 2. The van der Waals surface area contributed by atoms with Crippen LogP contribution < -0.4 is 0 Å². The van der Waals surface area contributed by atoms with E-state index in [1.54, 1.807) is 12.1 Å². The minimum Gasteiger partial charge on any atom is -0.508 e. The van der Waals surface area contributed by atoms with Gasteiger partial charge in [0.25, 0.3) is 0 Å². The van der Waals surface area contributed by atoms with E-state index in [0.717, 1.165) is 21.5 Å². The maximum atomic E-state index is 10.0. The van der Waals surface area contributed by atoms with E-state index in [1.165, 1.54) is 39.8 Å². The van der Waals surface area contributed by atoms with Crippen molar-refractivity contribution >= 4 is 21.5 Å². The van der Waals surface area contributed by atoms with Gasteiger partial charge >= 0.3 is 0 Å². The number of benzene rings is 6. The fourth-order valence-corrected chi connectivity index (χ4v) is 5.96. The highest BCUT2D eigenvalue weighted by Crippen LogP contribution is 2.56. The normalized spacial score (nSPS) is 12.5. The van der Waals surface area contributed by atoms with Crippen molar-refractivity contribution < 1.29 is 10.2 Å². The van der Waals surface area contributed by atoms with Gasteiger partial charge in [0, 0.05) is 0 Å². The second-order valence-electron chi connectivity index (χ2n) is 10.0. The lowest BCUT2D eigenvalue weighted by Gasteiger charge is -2.34. The summed E-state index contributed by atoms with van der Waals surface area (Å²) in [5.74, 6) is 0.545. The highest BCUT2D eigenvalue weighted by Gasteiger charge is 2.46. The van der Waals surface area contributed by atoms with Gasteiger partial charge in [-0.05, 0) is 91.3 Å². The molecule has 0 spiro atoms. The average molecular weight is 525 g/mol. The topological polar surface area (TPSA) is 40.5 Å². The van der Waals surface area contributed by atoms with Crippen LogP contribution in [0.4, 0.5) is 0 Å².